The predicted octanol–water partition coefficient (Wildman–Crippen LogP) is 2.11. The zero-order valence-corrected chi connectivity index (χ0v) is 11.2. The van der Waals surface area contributed by atoms with Crippen LogP contribution in [-0.4, -0.2) is 19.3 Å². The van der Waals surface area contributed by atoms with Crippen LogP contribution in [0.25, 0.3) is 0 Å². The Labute approximate surface area is 108 Å². The first-order valence-corrected chi connectivity index (χ1v) is 6.82. The van der Waals surface area contributed by atoms with Crippen molar-refractivity contribution in [1.29, 1.82) is 0 Å². The molecule has 4 nitrogen and oxygen atoms in total. The average molecular weight is 244 g/mol. The van der Waals surface area contributed by atoms with Gasteiger partial charge in [-0.05, 0) is 38.2 Å². The van der Waals surface area contributed by atoms with Gasteiger partial charge in [0, 0.05) is 12.7 Å². The number of nitrogens with zero attached hydrogens (tertiary/aromatic N) is 4. The van der Waals surface area contributed by atoms with Crippen LogP contribution in [0.4, 0.5) is 0 Å². The molecule has 0 N–H and O–H groups in total. The van der Waals surface area contributed by atoms with Crippen LogP contribution >= 0.6 is 0 Å². The van der Waals surface area contributed by atoms with Gasteiger partial charge in [0.2, 0.25) is 0 Å². The van der Waals surface area contributed by atoms with Gasteiger partial charge in [-0.1, -0.05) is 6.92 Å². The molecule has 0 fully saturated rings. The van der Waals surface area contributed by atoms with E-state index in [1.165, 1.54) is 42.0 Å². The van der Waals surface area contributed by atoms with E-state index in [0.29, 0.717) is 0 Å². The van der Waals surface area contributed by atoms with Crippen molar-refractivity contribution in [1.82, 2.24) is 19.3 Å². The highest BCUT2D eigenvalue weighted by Gasteiger charge is 2.16. The number of hydrogen-bond acceptors (Lipinski definition) is 2. The molecular formula is C14H20N4. The van der Waals surface area contributed by atoms with E-state index in [9.17, 15) is 0 Å². The van der Waals surface area contributed by atoms with Gasteiger partial charge in [-0.2, -0.15) is 5.10 Å². The fourth-order valence-corrected chi connectivity index (χ4v) is 2.73. The Kier molecular flexibility index (Phi) is 2.94. The van der Waals surface area contributed by atoms with Crippen molar-refractivity contribution in [2.24, 2.45) is 7.05 Å². The number of rotatable bonds is 3. The number of imidazole rings is 1. The van der Waals surface area contributed by atoms with E-state index in [-0.39, 0.29) is 0 Å². The molecule has 2 aromatic rings. The van der Waals surface area contributed by atoms with Crippen LogP contribution in [-0.2, 0) is 32.9 Å². The molecule has 0 unspecified atom stereocenters. The third-order valence-corrected chi connectivity index (χ3v) is 3.83. The Hall–Kier alpha value is -1.58. The Morgan fingerprint density at radius 1 is 1.28 bits per heavy atom. The molecule has 3 rings (SSSR count). The number of fused-ring (bicyclic) bond motifs is 1. The third kappa shape index (κ3) is 1.96. The lowest BCUT2D eigenvalue weighted by molar-refractivity contribution is 0.606. The van der Waals surface area contributed by atoms with Gasteiger partial charge in [0.1, 0.15) is 0 Å². The molecule has 1 aliphatic rings. The van der Waals surface area contributed by atoms with Crippen LogP contribution in [0, 0.1) is 0 Å². The van der Waals surface area contributed by atoms with Crippen LogP contribution in [0.2, 0.25) is 0 Å². The molecule has 0 amide bonds. The van der Waals surface area contributed by atoms with Gasteiger partial charge in [0.05, 0.1) is 30.0 Å². The summed E-state index contributed by atoms with van der Waals surface area (Å²) in [5, 5.41) is 4.50. The molecule has 96 valence electrons. The van der Waals surface area contributed by atoms with Crippen molar-refractivity contribution in [3.05, 3.63) is 35.2 Å². The number of aryl methyl sites for hydroxylation is 3. The van der Waals surface area contributed by atoms with Crippen molar-refractivity contribution in [3.8, 4) is 0 Å². The van der Waals surface area contributed by atoms with E-state index in [1.54, 1.807) is 0 Å². The highest BCUT2D eigenvalue weighted by molar-refractivity contribution is 5.19. The van der Waals surface area contributed by atoms with Crippen molar-refractivity contribution >= 4 is 0 Å². The SMILES string of the molecule is CCc1cc(Cn2cnc3c2CCCC3)n(C)n1. The monoisotopic (exact) mass is 244 g/mol. The summed E-state index contributed by atoms with van der Waals surface area (Å²) >= 11 is 0. The lowest BCUT2D eigenvalue weighted by Gasteiger charge is -2.13. The van der Waals surface area contributed by atoms with Gasteiger partial charge in [-0.15, -0.1) is 0 Å². The highest BCUT2D eigenvalue weighted by atomic mass is 15.3. The van der Waals surface area contributed by atoms with Crippen molar-refractivity contribution in [3.63, 3.8) is 0 Å². The topological polar surface area (TPSA) is 35.6 Å². The molecule has 0 aliphatic heterocycles. The fourth-order valence-electron chi connectivity index (χ4n) is 2.73. The zero-order chi connectivity index (χ0) is 12.5. The summed E-state index contributed by atoms with van der Waals surface area (Å²) in [4.78, 5) is 4.54. The Balaban J connectivity index is 1.87. The molecule has 2 aromatic heterocycles. The summed E-state index contributed by atoms with van der Waals surface area (Å²) in [7, 11) is 2.03. The standard InChI is InChI=1S/C14H20N4/c1-3-11-8-12(17(2)16-11)9-18-10-15-13-6-4-5-7-14(13)18/h8,10H,3-7,9H2,1-2H3. The van der Waals surface area contributed by atoms with Gasteiger partial charge in [-0.3, -0.25) is 4.68 Å². The molecule has 18 heavy (non-hydrogen) atoms. The second-order valence-electron chi connectivity index (χ2n) is 5.08. The first kappa shape index (κ1) is 11.5. The molecule has 0 aromatic carbocycles. The third-order valence-electron chi connectivity index (χ3n) is 3.83. The minimum Gasteiger partial charge on any atom is -0.328 e. The molecule has 0 atom stereocenters. The van der Waals surface area contributed by atoms with Crippen LogP contribution < -0.4 is 0 Å². The van der Waals surface area contributed by atoms with Crippen molar-refractivity contribution in [2.45, 2.75) is 45.6 Å². The minimum atomic E-state index is 0.895. The fraction of sp³-hybridized carbons (Fsp3) is 0.571. The molecule has 0 saturated heterocycles. The van der Waals surface area contributed by atoms with E-state index in [2.05, 4.69) is 27.6 Å². The van der Waals surface area contributed by atoms with Crippen LogP contribution in [0.15, 0.2) is 12.4 Å². The Bertz CT molecular complexity index is 550. The summed E-state index contributed by atoms with van der Waals surface area (Å²) in [5.41, 5.74) is 5.17. The van der Waals surface area contributed by atoms with Crippen molar-refractivity contribution < 1.29 is 0 Å². The molecule has 0 radical (unpaired) electrons. The smallest absolute Gasteiger partial charge is 0.0955 e. The maximum atomic E-state index is 4.54. The van der Waals surface area contributed by atoms with Crippen LogP contribution in [0.3, 0.4) is 0 Å². The molecule has 0 saturated carbocycles. The van der Waals surface area contributed by atoms with Gasteiger partial charge < -0.3 is 4.57 Å². The summed E-state index contributed by atoms with van der Waals surface area (Å²) in [5.74, 6) is 0. The van der Waals surface area contributed by atoms with Crippen LogP contribution in [0.1, 0.15) is 42.5 Å². The number of hydrogen-bond donors (Lipinski definition) is 0. The minimum absolute atomic E-state index is 0.895. The molecule has 0 spiro atoms. The Morgan fingerprint density at radius 2 is 2.11 bits per heavy atom. The maximum Gasteiger partial charge on any atom is 0.0955 e. The second-order valence-corrected chi connectivity index (χ2v) is 5.08. The van der Waals surface area contributed by atoms with E-state index >= 15 is 0 Å². The molecule has 2 heterocycles. The Morgan fingerprint density at radius 3 is 2.89 bits per heavy atom. The normalized spacial score (nSPS) is 14.8. The predicted molar refractivity (Wildman–Crippen MR) is 70.6 cm³/mol. The van der Waals surface area contributed by atoms with Crippen molar-refractivity contribution in [2.75, 3.05) is 0 Å². The first-order valence-electron chi connectivity index (χ1n) is 6.82. The average Bonchev–Trinajstić information content (AvgIpc) is 2.95. The number of aromatic nitrogens is 4. The summed E-state index contributed by atoms with van der Waals surface area (Å²) < 4.78 is 4.29. The molecule has 4 heteroatoms. The second kappa shape index (κ2) is 4.59. The first-order chi connectivity index (χ1) is 8.78. The lowest BCUT2D eigenvalue weighted by atomic mass is 10.0. The largest absolute Gasteiger partial charge is 0.328 e. The summed E-state index contributed by atoms with van der Waals surface area (Å²) in [6, 6.07) is 2.20. The summed E-state index contributed by atoms with van der Waals surface area (Å²) in [6.07, 6.45) is 7.90. The maximum absolute atomic E-state index is 4.54. The van der Waals surface area contributed by atoms with Gasteiger partial charge in [0.25, 0.3) is 0 Å². The molecular weight excluding hydrogens is 224 g/mol. The molecule has 1 aliphatic carbocycles. The van der Waals surface area contributed by atoms with E-state index in [1.807, 2.05) is 18.1 Å². The summed E-state index contributed by atoms with van der Waals surface area (Å²) in [6.45, 7) is 3.04. The van der Waals surface area contributed by atoms with Crippen LogP contribution in [0.5, 0.6) is 0 Å². The molecule has 0 bridgehead atoms. The lowest BCUT2D eigenvalue weighted by Crippen LogP contribution is -2.11. The quantitative estimate of drug-likeness (QED) is 0.829. The van der Waals surface area contributed by atoms with E-state index in [4.69, 9.17) is 0 Å². The van der Waals surface area contributed by atoms with Gasteiger partial charge in [-0.25, -0.2) is 4.98 Å². The van der Waals surface area contributed by atoms with Gasteiger partial charge in [0.15, 0.2) is 0 Å². The van der Waals surface area contributed by atoms with E-state index in [0.717, 1.165) is 19.4 Å². The zero-order valence-electron chi connectivity index (χ0n) is 11.2. The van der Waals surface area contributed by atoms with E-state index < -0.39 is 0 Å². The van der Waals surface area contributed by atoms with Gasteiger partial charge >= 0.3 is 0 Å². The highest BCUT2D eigenvalue weighted by Crippen LogP contribution is 2.20.